The number of hydrogen-bond donors (Lipinski definition) is 1. The summed E-state index contributed by atoms with van der Waals surface area (Å²) < 4.78 is 30.8. The maximum absolute atomic E-state index is 12.6. The first-order valence-corrected chi connectivity index (χ1v) is 10.7. The van der Waals surface area contributed by atoms with E-state index >= 15 is 0 Å². The van der Waals surface area contributed by atoms with E-state index in [4.69, 9.17) is 16.3 Å². The molecule has 1 aromatic rings. The van der Waals surface area contributed by atoms with Gasteiger partial charge in [0.2, 0.25) is 15.9 Å². The van der Waals surface area contributed by atoms with Gasteiger partial charge in [0, 0.05) is 6.54 Å². The van der Waals surface area contributed by atoms with Crippen LogP contribution in [0.1, 0.15) is 32.6 Å². The number of hydrogen-bond acceptors (Lipinski definition) is 4. The predicted molar refractivity (Wildman–Crippen MR) is 104 cm³/mol. The number of sulfonamides is 1. The van der Waals surface area contributed by atoms with Crippen LogP contribution < -0.4 is 14.4 Å². The number of rotatable bonds is 7. The van der Waals surface area contributed by atoms with Crippen molar-refractivity contribution >= 4 is 33.2 Å². The highest BCUT2D eigenvalue weighted by Gasteiger charge is 2.29. The maximum atomic E-state index is 12.6. The fourth-order valence-corrected chi connectivity index (χ4v) is 4.43. The highest BCUT2D eigenvalue weighted by molar-refractivity contribution is 7.92. The zero-order chi connectivity index (χ0) is 19.3. The van der Waals surface area contributed by atoms with Gasteiger partial charge in [-0.1, -0.05) is 23.3 Å². The molecule has 26 heavy (non-hydrogen) atoms. The Morgan fingerprint density at radius 3 is 2.65 bits per heavy atom. The molecule has 8 heteroatoms. The molecule has 1 aromatic carbocycles. The number of anilines is 1. The molecule has 1 unspecified atom stereocenters. The molecule has 1 N–H and O–H groups in total. The molecule has 0 aliphatic heterocycles. The van der Waals surface area contributed by atoms with E-state index in [0.29, 0.717) is 18.0 Å². The topological polar surface area (TPSA) is 75.7 Å². The van der Waals surface area contributed by atoms with Crippen molar-refractivity contribution in [2.75, 3.05) is 24.2 Å². The molecule has 2 rings (SSSR count). The molecule has 144 valence electrons. The molecule has 0 aromatic heterocycles. The molecule has 0 saturated carbocycles. The molecular weight excluding hydrogens is 376 g/mol. The van der Waals surface area contributed by atoms with Gasteiger partial charge < -0.3 is 10.1 Å². The van der Waals surface area contributed by atoms with Crippen molar-refractivity contribution < 1.29 is 17.9 Å². The van der Waals surface area contributed by atoms with Crippen molar-refractivity contribution in [2.24, 2.45) is 0 Å². The van der Waals surface area contributed by atoms with Crippen molar-refractivity contribution in [1.82, 2.24) is 5.32 Å². The Bertz CT molecular complexity index is 792. The third-order valence-corrected chi connectivity index (χ3v) is 5.89. The summed E-state index contributed by atoms with van der Waals surface area (Å²) in [6, 6.07) is 3.72. The third kappa shape index (κ3) is 5.14. The molecule has 1 aliphatic carbocycles. The summed E-state index contributed by atoms with van der Waals surface area (Å²) in [6.45, 7) is 2.01. The van der Waals surface area contributed by atoms with E-state index in [1.165, 1.54) is 25.2 Å². The Balaban J connectivity index is 2.19. The van der Waals surface area contributed by atoms with Crippen LogP contribution in [-0.4, -0.2) is 40.3 Å². The predicted octanol–water partition coefficient (Wildman–Crippen LogP) is 3.12. The van der Waals surface area contributed by atoms with Crippen LogP contribution in [0.15, 0.2) is 29.8 Å². The highest BCUT2D eigenvalue weighted by Crippen LogP contribution is 2.31. The lowest BCUT2D eigenvalue weighted by Crippen LogP contribution is -2.48. The van der Waals surface area contributed by atoms with E-state index < -0.39 is 16.1 Å². The Morgan fingerprint density at radius 1 is 1.38 bits per heavy atom. The van der Waals surface area contributed by atoms with E-state index in [1.54, 1.807) is 19.1 Å². The molecule has 0 heterocycles. The summed E-state index contributed by atoms with van der Waals surface area (Å²) in [5.41, 5.74) is 1.51. The van der Waals surface area contributed by atoms with Crippen molar-refractivity contribution in [1.29, 1.82) is 0 Å². The van der Waals surface area contributed by atoms with Crippen LogP contribution in [0, 0.1) is 0 Å². The smallest absolute Gasteiger partial charge is 0.243 e. The molecule has 1 atom stereocenters. The first-order valence-electron chi connectivity index (χ1n) is 8.52. The Kier molecular flexibility index (Phi) is 6.94. The lowest BCUT2D eigenvalue weighted by molar-refractivity contribution is -0.121. The molecule has 0 fully saturated rings. The monoisotopic (exact) mass is 400 g/mol. The van der Waals surface area contributed by atoms with E-state index in [9.17, 15) is 13.2 Å². The van der Waals surface area contributed by atoms with Gasteiger partial charge in [-0.25, -0.2) is 8.42 Å². The molecule has 0 bridgehead atoms. The zero-order valence-corrected chi connectivity index (χ0v) is 16.9. The van der Waals surface area contributed by atoms with Crippen molar-refractivity contribution in [3.8, 4) is 5.75 Å². The summed E-state index contributed by atoms with van der Waals surface area (Å²) in [4.78, 5) is 12.6. The number of ether oxygens (including phenoxy) is 1. The van der Waals surface area contributed by atoms with Crippen LogP contribution in [-0.2, 0) is 14.8 Å². The van der Waals surface area contributed by atoms with Crippen molar-refractivity contribution in [3.63, 3.8) is 0 Å². The Labute approximate surface area is 160 Å². The second kappa shape index (κ2) is 8.77. The van der Waals surface area contributed by atoms with Crippen LogP contribution in [0.5, 0.6) is 5.75 Å². The van der Waals surface area contributed by atoms with Gasteiger partial charge in [0.05, 0.1) is 24.1 Å². The van der Waals surface area contributed by atoms with Crippen LogP contribution in [0.3, 0.4) is 0 Å². The summed E-state index contributed by atoms with van der Waals surface area (Å²) in [5, 5.41) is 3.12. The average Bonchev–Trinajstić information content (AvgIpc) is 2.59. The first-order chi connectivity index (χ1) is 12.2. The number of amides is 1. The summed E-state index contributed by atoms with van der Waals surface area (Å²) >= 11 is 6.12. The minimum absolute atomic E-state index is 0.276. The van der Waals surface area contributed by atoms with Gasteiger partial charge in [-0.05, 0) is 50.8 Å². The van der Waals surface area contributed by atoms with Crippen molar-refractivity contribution in [3.05, 3.63) is 34.9 Å². The molecule has 1 amide bonds. The van der Waals surface area contributed by atoms with Gasteiger partial charge in [0.1, 0.15) is 11.8 Å². The summed E-state index contributed by atoms with van der Waals surface area (Å²) in [7, 11) is -2.21. The number of methoxy groups -OCH3 is 1. The van der Waals surface area contributed by atoms with Gasteiger partial charge in [0.25, 0.3) is 0 Å². The van der Waals surface area contributed by atoms with Crippen LogP contribution in [0.2, 0.25) is 5.02 Å². The molecule has 1 aliphatic rings. The van der Waals surface area contributed by atoms with Crippen molar-refractivity contribution in [2.45, 2.75) is 38.6 Å². The molecule has 0 spiro atoms. The second-order valence-electron chi connectivity index (χ2n) is 6.38. The standard InChI is InChI=1S/C18H25ClN2O4S/c1-13(18(22)20-12-14-7-5-4-6-8-14)21(26(3,23)24)15-9-10-17(25-2)16(19)11-15/h7,9-11,13H,4-6,8,12H2,1-3H3,(H,20,22). The van der Waals surface area contributed by atoms with Gasteiger partial charge in [-0.15, -0.1) is 0 Å². The zero-order valence-electron chi connectivity index (χ0n) is 15.3. The average molecular weight is 401 g/mol. The largest absolute Gasteiger partial charge is 0.495 e. The number of carbonyl (C=O) groups excluding carboxylic acids is 1. The number of allylic oxidation sites excluding steroid dienone is 1. The number of benzene rings is 1. The fourth-order valence-electron chi connectivity index (χ4n) is 3.01. The molecule has 0 saturated heterocycles. The van der Waals surface area contributed by atoms with Gasteiger partial charge in [-0.2, -0.15) is 0 Å². The number of nitrogens with zero attached hydrogens (tertiary/aromatic N) is 1. The van der Waals surface area contributed by atoms with Crippen LogP contribution in [0.25, 0.3) is 0 Å². The fraction of sp³-hybridized carbons (Fsp3) is 0.500. The normalized spacial score (nSPS) is 15.8. The first kappa shape index (κ1) is 20.6. The van der Waals surface area contributed by atoms with Crippen LogP contribution >= 0.6 is 11.6 Å². The van der Waals surface area contributed by atoms with E-state index in [0.717, 1.165) is 29.8 Å². The number of nitrogens with one attached hydrogen (secondary N) is 1. The van der Waals surface area contributed by atoms with Gasteiger partial charge >= 0.3 is 0 Å². The van der Waals surface area contributed by atoms with Gasteiger partial charge in [0.15, 0.2) is 0 Å². The second-order valence-corrected chi connectivity index (χ2v) is 8.65. The SMILES string of the molecule is COc1ccc(N(C(C)C(=O)NCC2=CCCCC2)S(C)(=O)=O)cc1Cl. The highest BCUT2D eigenvalue weighted by atomic mass is 35.5. The minimum Gasteiger partial charge on any atom is -0.495 e. The lowest BCUT2D eigenvalue weighted by Gasteiger charge is -2.28. The number of halogens is 1. The van der Waals surface area contributed by atoms with E-state index in [2.05, 4.69) is 11.4 Å². The Morgan fingerprint density at radius 2 is 2.12 bits per heavy atom. The van der Waals surface area contributed by atoms with E-state index in [-0.39, 0.29) is 10.9 Å². The lowest BCUT2D eigenvalue weighted by atomic mass is 10.00. The maximum Gasteiger partial charge on any atom is 0.243 e. The van der Waals surface area contributed by atoms with Gasteiger partial charge in [-0.3, -0.25) is 9.10 Å². The van der Waals surface area contributed by atoms with E-state index in [1.807, 2.05) is 0 Å². The Hall–Kier alpha value is -1.73. The summed E-state index contributed by atoms with van der Waals surface area (Å²) in [5.74, 6) is 0.0825. The third-order valence-electron chi connectivity index (χ3n) is 4.35. The minimum atomic E-state index is -3.68. The quantitative estimate of drug-likeness (QED) is 0.713. The summed E-state index contributed by atoms with van der Waals surface area (Å²) in [6.07, 6.45) is 7.51. The number of carbonyl (C=O) groups is 1. The molecular formula is C18H25ClN2O4S. The molecule has 6 nitrogen and oxygen atoms in total. The molecule has 0 radical (unpaired) electrons. The van der Waals surface area contributed by atoms with Crippen LogP contribution in [0.4, 0.5) is 5.69 Å².